The van der Waals surface area contributed by atoms with E-state index in [0.29, 0.717) is 5.95 Å². The summed E-state index contributed by atoms with van der Waals surface area (Å²) in [6, 6.07) is 61.6. The predicted molar refractivity (Wildman–Crippen MR) is 226 cm³/mol. The Morgan fingerprint density at radius 2 is 1.00 bits per heavy atom. The zero-order valence-electron chi connectivity index (χ0n) is 29.0. The quantitative estimate of drug-likeness (QED) is 0.170. The molecule has 4 heterocycles. The normalized spacial score (nSPS) is 12.4. The number of rotatable bonds is 2. The minimum absolute atomic E-state index is 0.667. The topological polar surface area (TPSA) is 35.1 Å². The summed E-state index contributed by atoms with van der Waals surface area (Å²) in [6.45, 7) is 0. The fraction of sp³-hybridized carbons (Fsp3) is 0. The van der Waals surface area contributed by atoms with E-state index in [1.165, 1.54) is 70.4 Å². The van der Waals surface area contributed by atoms with E-state index in [4.69, 9.17) is 9.97 Å². The predicted octanol–water partition coefficient (Wildman–Crippen LogP) is 13.0. The summed E-state index contributed by atoms with van der Waals surface area (Å²) in [5.74, 6) is 0.667. The Balaban J connectivity index is 1.24. The molecule has 54 heavy (non-hydrogen) atoms. The fourth-order valence-corrected chi connectivity index (χ4v) is 9.42. The molecule has 0 bridgehead atoms. The average molecular weight is 685 g/mol. The van der Waals surface area contributed by atoms with Gasteiger partial charge in [-0.25, -0.2) is 9.97 Å². The highest BCUT2D eigenvalue weighted by atomic mass is 15.2. The molecule has 0 fully saturated rings. The molecule has 13 aromatic rings. The van der Waals surface area contributed by atoms with Gasteiger partial charge in [-0.3, -0.25) is 4.57 Å². The third-order valence-corrected chi connectivity index (χ3v) is 11.8. The van der Waals surface area contributed by atoms with Gasteiger partial charge in [0, 0.05) is 48.7 Å². The van der Waals surface area contributed by atoms with Gasteiger partial charge in [-0.2, -0.15) is 0 Å². The van der Waals surface area contributed by atoms with E-state index in [0.717, 1.165) is 44.0 Å². The summed E-state index contributed by atoms with van der Waals surface area (Å²) in [4.78, 5) is 11.1. The van der Waals surface area contributed by atoms with Crippen molar-refractivity contribution in [2.75, 3.05) is 0 Å². The Kier molecular flexibility index (Phi) is 5.34. The van der Waals surface area contributed by atoms with Gasteiger partial charge in [0.2, 0.25) is 5.95 Å². The molecule has 0 aliphatic carbocycles. The van der Waals surface area contributed by atoms with Gasteiger partial charge in [-0.1, -0.05) is 127 Å². The molecule has 0 N–H and O–H groups in total. The third-order valence-electron chi connectivity index (χ3n) is 11.8. The van der Waals surface area contributed by atoms with Crippen molar-refractivity contribution in [2.24, 2.45) is 0 Å². The molecule has 4 aromatic heterocycles. The van der Waals surface area contributed by atoms with Crippen molar-refractivity contribution < 1.29 is 0 Å². The smallest absolute Gasteiger partial charge is 0.235 e. The van der Waals surface area contributed by atoms with Gasteiger partial charge in [-0.15, -0.1) is 0 Å². The van der Waals surface area contributed by atoms with Crippen LogP contribution in [-0.4, -0.2) is 18.9 Å². The molecule has 13 rings (SSSR count). The average Bonchev–Trinajstić information content (AvgIpc) is 3.86. The van der Waals surface area contributed by atoms with Crippen LogP contribution in [0.2, 0.25) is 0 Å². The van der Waals surface area contributed by atoms with Crippen LogP contribution in [0.25, 0.3) is 120 Å². The van der Waals surface area contributed by atoms with Crippen LogP contribution < -0.4 is 0 Å². The summed E-state index contributed by atoms with van der Waals surface area (Å²) in [5, 5.41) is 15.6. The monoisotopic (exact) mass is 684 g/mol. The first-order valence-electron chi connectivity index (χ1n) is 18.5. The van der Waals surface area contributed by atoms with Crippen molar-refractivity contribution in [2.45, 2.75) is 0 Å². The number of nitrogens with zero attached hydrogens (tertiary/aromatic N) is 4. The molecule has 0 radical (unpaired) electrons. The van der Waals surface area contributed by atoms with Crippen LogP contribution in [0, 0.1) is 0 Å². The van der Waals surface area contributed by atoms with Gasteiger partial charge in [-0.05, 0) is 69.4 Å². The SMILES string of the molecule is c1ccc2cc(-c3nc(-n4c5ccccc5c5c6c7cc8ccccc8cc7n7c8ccccc8c(cc54)c67)nc4c3ccc3ccccc34)ccc2c1. The van der Waals surface area contributed by atoms with Crippen LogP contribution in [-0.2, 0) is 0 Å². The Bertz CT molecular complexity index is 3740. The maximum absolute atomic E-state index is 5.56. The minimum atomic E-state index is 0.667. The molecule has 0 aliphatic heterocycles. The Morgan fingerprint density at radius 3 is 1.83 bits per heavy atom. The van der Waals surface area contributed by atoms with Crippen LogP contribution in [0.1, 0.15) is 0 Å². The summed E-state index contributed by atoms with van der Waals surface area (Å²) >= 11 is 0. The number of fused-ring (bicyclic) bond motifs is 15. The van der Waals surface area contributed by atoms with Crippen LogP contribution in [0.4, 0.5) is 0 Å². The van der Waals surface area contributed by atoms with Gasteiger partial charge in [0.1, 0.15) is 0 Å². The van der Waals surface area contributed by atoms with E-state index >= 15 is 0 Å². The molecule has 248 valence electrons. The minimum Gasteiger partial charge on any atom is -0.308 e. The number of benzene rings is 9. The van der Waals surface area contributed by atoms with Crippen LogP contribution >= 0.6 is 0 Å². The third kappa shape index (κ3) is 3.61. The second kappa shape index (κ2) is 10.2. The molecule has 4 nitrogen and oxygen atoms in total. The zero-order chi connectivity index (χ0) is 35.1. The Morgan fingerprint density at radius 1 is 0.352 bits per heavy atom. The van der Waals surface area contributed by atoms with E-state index in [2.05, 4.69) is 179 Å². The van der Waals surface area contributed by atoms with Crippen LogP contribution in [0.15, 0.2) is 170 Å². The highest BCUT2D eigenvalue weighted by Gasteiger charge is 2.26. The maximum Gasteiger partial charge on any atom is 0.235 e. The lowest BCUT2D eigenvalue weighted by Crippen LogP contribution is -2.04. The molecule has 4 heteroatoms. The van der Waals surface area contributed by atoms with Gasteiger partial charge in [0.05, 0.1) is 38.8 Å². The summed E-state index contributed by atoms with van der Waals surface area (Å²) in [7, 11) is 0. The molecule has 0 aliphatic rings. The van der Waals surface area contributed by atoms with Crippen LogP contribution in [0.5, 0.6) is 0 Å². The first-order chi connectivity index (χ1) is 26.8. The lowest BCUT2D eigenvalue weighted by molar-refractivity contribution is 1.02. The highest BCUT2D eigenvalue weighted by Crippen LogP contribution is 2.47. The first-order valence-corrected chi connectivity index (χ1v) is 18.5. The molecular weight excluding hydrogens is 657 g/mol. The van der Waals surface area contributed by atoms with Crippen molar-refractivity contribution in [1.29, 1.82) is 0 Å². The Hall–Kier alpha value is -7.30. The maximum atomic E-state index is 5.56. The van der Waals surface area contributed by atoms with E-state index in [1.807, 2.05) is 0 Å². The van der Waals surface area contributed by atoms with Gasteiger partial charge in [0.15, 0.2) is 0 Å². The van der Waals surface area contributed by atoms with E-state index in [1.54, 1.807) is 0 Å². The van der Waals surface area contributed by atoms with E-state index < -0.39 is 0 Å². The Labute approximate surface area is 308 Å². The summed E-state index contributed by atoms with van der Waals surface area (Å²) in [6.07, 6.45) is 0. The lowest BCUT2D eigenvalue weighted by atomic mass is 10.00. The van der Waals surface area contributed by atoms with Crippen LogP contribution in [0.3, 0.4) is 0 Å². The second-order valence-corrected chi connectivity index (χ2v) is 14.6. The highest BCUT2D eigenvalue weighted by molar-refractivity contribution is 6.36. The standard InChI is InChI=1S/C50H28N4/c1-2-13-31-25-34(22-21-29(31)11-1)47-38-24-23-30-12-5-6-16-35(30)48(38)52-50(51-47)54-42-20-10-8-18-37(42)45-44(54)28-39-36-17-7-9-19-41(36)53-43-27-33-15-4-3-14-32(33)26-40(43)46(45)49(39)53/h1-28H. The lowest BCUT2D eigenvalue weighted by Gasteiger charge is -2.14. The molecule has 0 spiro atoms. The summed E-state index contributed by atoms with van der Waals surface area (Å²) < 4.78 is 4.81. The van der Waals surface area contributed by atoms with Crippen molar-refractivity contribution in [3.8, 4) is 17.2 Å². The van der Waals surface area contributed by atoms with Crippen molar-refractivity contribution in [3.63, 3.8) is 0 Å². The van der Waals surface area contributed by atoms with E-state index in [-0.39, 0.29) is 0 Å². The van der Waals surface area contributed by atoms with Gasteiger partial charge < -0.3 is 4.40 Å². The molecule has 0 unspecified atom stereocenters. The number of para-hydroxylation sites is 2. The van der Waals surface area contributed by atoms with Crippen molar-refractivity contribution in [3.05, 3.63) is 170 Å². The molecule has 0 atom stereocenters. The first kappa shape index (κ1) is 28.3. The van der Waals surface area contributed by atoms with Crippen molar-refractivity contribution >= 4 is 103 Å². The molecular formula is C50H28N4. The molecule has 0 saturated carbocycles. The summed E-state index contributed by atoms with van der Waals surface area (Å²) in [5.41, 5.74) is 8.85. The van der Waals surface area contributed by atoms with Gasteiger partial charge in [0.25, 0.3) is 0 Å². The van der Waals surface area contributed by atoms with Crippen molar-refractivity contribution in [1.82, 2.24) is 18.9 Å². The number of hydrogen-bond donors (Lipinski definition) is 0. The zero-order valence-corrected chi connectivity index (χ0v) is 29.0. The molecule has 9 aromatic carbocycles. The molecule has 0 saturated heterocycles. The second-order valence-electron chi connectivity index (χ2n) is 14.6. The molecule has 0 amide bonds. The fourth-order valence-electron chi connectivity index (χ4n) is 9.42. The van der Waals surface area contributed by atoms with E-state index in [9.17, 15) is 0 Å². The largest absolute Gasteiger partial charge is 0.308 e. The number of hydrogen-bond acceptors (Lipinski definition) is 2. The number of aromatic nitrogens is 4. The van der Waals surface area contributed by atoms with Gasteiger partial charge >= 0.3 is 0 Å².